The van der Waals surface area contributed by atoms with Gasteiger partial charge in [-0.15, -0.1) is 0 Å². The van der Waals surface area contributed by atoms with Crippen molar-refractivity contribution in [2.24, 2.45) is 0 Å². The van der Waals surface area contributed by atoms with Crippen LogP contribution in [0.4, 0.5) is 0 Å². The Labute approximate surface area is 170 Å². The van der Waals surface area contributed by atoms with Crippen LogP contribution in [0, 0.1) is 6.92 Å². The number of benzene rings is 2. The predicted octanol–water partition coefficient (Wildman–Crippen LogP) is 3.54. The fourth-order valence-corrected chi connectivity index (χ4v) is 4.93. The zero-order valence-electron chi connectivity index (χ0n) is 14.5. The lowest BCUT2D eigenvalue weighted by molar-refractivity contribution is 0.392. The highest BCUT2D eigenvalue weighted by Crippen LogP contribution is 2.37. The largest absolute Gasteiger partial charge is 0.495 e. The van der Waals surface area contributed by atoms with Gasteiger partial charge in [0.15, 0.2) is 0 Å². The van der Waals surface area contributed by atoms with Crippen molar-refractivity contribution in [3.8, 4) is 11.5 Å². The number of ether oxygens (including phenoxy) is 2. The fraction of sp³-hybridized carbons (Fsp3) is 0.250. The molecule has 0 aliphatic carbocycles. The maximum absolute atomic E-state index is 11.7. The number of rotatable bonds is 6. The van der Waals surface area contributed by atoms with E-state index in [1.807, 2.05) is 0 Å². The molecule has 11 heteroatoms. The van der Waals surface area contributed by atoms with Crippen LogP contribution in [0.1, 0.15) is 16.7 Å². The summed E-state index contributed by atoms with van der Waals surface area (Å²) in [5.74, 6) is 0.0651. The van der Waals surface area contributed by atoms with Crippen LogP contribution in [0.2, 0.25) is 0 Å². The monoisotopic (exact) mass is 498 g/mol. The SMILES string of the molecule is COc1cc(Cc2c(C)c(Br)cc(S(=O)(=O)O)c2OC)ccc1S(=O)(=O)Cl. The van der Waals surface area contributed by atoms with Crippen molar-refractivity contribution in [2.75, 3.05) is 14.2 Å². The van der Waals surface area contributed by atoms with E-state index >= 15 is 0 Å². The summed E-state index contributed by atoms with van der Waals surface area (Å²) < 4.78 is 66.9. The van der Waals surface area contributed by atoms with Crippen LogP contribution in [0.3, 0.4) is 0 Å². The van der Waals surface area contributed by atoms with Gasteiger partial charge in [0.2, 0.25) is 0 Å². The first-order valence-electron chi connectivity index (χ1n) is 7.35. The topological polar surface area (TPSA) is 107 Å². The second kappa shape index (κ2) is 7.96. The Kier molecular flexibility index (Phi) is 6.48. The Morgan fingerprint density at radius 1 is 1.07 bits per heavy atom. The van der Waals surface area contributed by atoms with Gasteiger partial charge >= 0.3 is 0 Å². The number of methoxy groups -OCH3 is 2. The fourth-order valence-electron chi connectivity index (χ4n) is 2.61. The summed E-state index contributed by atoms with van der Waals surface area (Å²) in [6.07, 6.45) is 0.190. The van der Waals surface area contributed by atoms with Gasteiger partial charge in [-0.2, -0.15) is 8.42 Å². The van der Waals surface area contributed by atoms with Crippen molar-refractivity contribution in [1.29, 1.82) is 0 Å². The van der Waals surface area contributed by atoms with E-state index in [9.17, 15) is 21.4 Å². The first kappa shape index (κ1) is 22.0. The first-order chi connectivity index (χ1) is 12.4. The summed E-state index contributed by atoms with van der Waals surface area (Å²) in [7, 11) is -0.502. The zero-order chi connectivity index (χ0) is 20.6. The second-order valence-electron chi connectivity index (χ2n) is 5.57. The van der Waals surface area contributed by atoms with Crippen molar-refractivity contribution in [3.63, 3.8) is 0 Å². The van der Waals surface area contributed by atoms with Gasteiger partial charge in [-0.1, -0.05) is 22.0 Å². The quantitative estimate of drug-likeness (QED) is 0.478. The molecule has 0 saturated carbocycles. The van der Waals surface area contributed by atoms with Crippen LogP contribution in [0.15, 0.2) is 38.5 Å². The summed E-state index contributed by atoms with van der Waals surface area (Å²) in [6.45, 7) is 1.75. The van der Waals surface area contributed by atoms with E-state index in [0.717, 1.165) is 0 Å². The van der Waals surface area contributed by atoms with Crippen LogP contribution in [-0.2, 0) is 25.6 Å². The maximum atomic E-state index is 11.7. The molecule has 148 valence electrons. The first-order valence-corrected chi connectivity index (χ1v) is 11.9. The van der Waals surface area contributed by atoms with Crippen molar-refractivity contribution in [3.05, 3.63) is 45.4 Å². The molecule has 0 fully saturated rings. The molecular weight excluding hydrogens is 484 g/mol. The van der Waals surface area contributed by atoms with Crippen LogP contribution < -0.4 is 9.47 Å². The van der Waals surface area contributed by atoms with Gasteiger partial charge in [-0.3, -0.25) is 4.55 Å². The molecule has 0 spiro atoms. The zero-order valence-corrected chi connectivity index (χ0v) is 18.5. The molecule has 27 heavy (non-hydrogen) atoms. The average Bonchev–Trinajstić information content (AvgIpc) is 2.56. The Morgan fingerprint density at radius 3 is 2.19 bits per heavy atom. The van der Waals surface area contributed by atoms with E-state index < -0.39 is 19.2 Å². The van der Waals surface area contributed by atoms with E-state index in [2.05, 4.69) is 15.9 Å². The number of hydrogen-bond donors (Lipinski definition) is 1. The third kappa shape index (κ3) is 4.75. The molecule has 0 bridgehead atoms. The third-order valence-corrected chi connectivity index (χ3v) is 6.96. The molecule has 1 N–H and O–H groups in total. The van der Waals surface area contributed by atoms with Gasteiger partial charge in [0.25, 0.3) is 19.2 Å². The van der Waals surface area contributed by atoms with Gasteiger partial charge in [0, 0.05) is 27.1 Å². The second-order valence-corrected chi connectivity index (χ2v) is 10.3. The number of halogens is 2. The molecule has 2 aromatic carbocycles. The average molecular weight is 500 g/mol. The van der Waals surface area contributed by atoms with Crippen LogP contribution in [-0.4, -0.2) is 35.6 Å². The number of hydrogen-bond acceptors (Lipinski definition) is 6. The minimum absolute atomic E-state index is 0.00575. The molecule has 0 aliphatic rings. The lowest BCUT2D eigenvalue weighted by atomic mass is 9.99. The highest BCUT2D eigenvalue weighted by Gasteiger charge is 2.24. The molecule has 0 aromatic heterocycles. The van der Waals surface area contributed by atoms with E-state index in [4.69, 9.17) is 20.2 Å². The minimum Gasteiger partial charge on any atom is -0.495 e. The minimum atomic E-state index is -4.51. The van der Waals surface area contributed by atoms with E-state index in [1.54, 1.807) is 6.92 Å². The highest BCUT2D eigenvalue weighted by atomic mass is 79.9. The van der Waals surface area contributed by atoms with Crippen LogP contribution in [0.5, 0.6) is 11.5 Å². The molecule has 2 aromatic rings. The van der Waals surface area contributed by atoms with E-state index in [0.29, 0.717) is 21.2 Å². The van der Waals surface area contributed by atoms with E-state index in [1.165, 1.54) is 38.5 Å². The van der Waals surface area contributed by atoms with Gasteiger partial charge in [-0.25, -0.2) is 8.42 Å². The Morgan fingerprint density at radius 2 is 1.70 bits per heavy atom. The third-order valence-electron chi connectivity index (χ3n) is 3.92. The van der Waals surface area contributed by atoms with Crippen LogP contribution in [0.25, 0.3) is 0 Å². The smallest absolute Gasteiger partial charge is 0.298 e. The molecule has 2 rings (SSSR count). The summed E-state index contributed by atoms with van der Waals surface area (Å²) in [6, 6.07) is 5.59. The summed E-state index contributed by atoms with van der Waals surface area (Å²) in [4.78, 5) is -0.545. The molecule has 0 saturated heterocycles. The summed E-state index contributed by atoms with van der Waals surface area (Å²) >= 11 is 3.28. The lowest BCUT2D eigenvalue weighted by Gasteiger charge is -2.17. The Balaban J connectivity index is 2.66. The van der Waals surface area contributed by atoms with Gasteiger partial charge in [-0.05, 0) is 36.2 Å². The molecule has 0 atom stereocenters. The molecule has 7 nitrogen and oxygen atoms in total. The van der Waals surface area contributed by atoms with Crippen molar-refractivity contribution in [2.45, 2.75) is 23.1 Å². The Bertz CT molecular complexity index is 1100. The molecular formula is C16H16BrClO7S2. The van der Waals surface area contributed by atoms with Gasteiger partial charge in [0.1, 0.15) is 21.3 Å². The van der Waals surface area contributed by atoms with Gasteiger partial charge < -0.3 is 9.47 Å². The molecule has 0 unspecified atom stereocenters. The lowest BCUT2D eigenvalue weighted by Crippen LogP contribution is -2.07. The molecule has 0 heterocycles. The van der Waals surface area contributed by atoms with Crippen molar-refractivity contribution < 1.29 is 30.9 Å². The van der Waals surface area contributed by atoms with Crippen molar-refractivity contribution >= 4 is 45.8 Å². The predicted molar refractivity (Wildman–Crippen MR) is 104 cm³/mol. The molecule has 0 aliphatic heterocycles. The van der Waals surface area contributed by atoms with Gasteiger partial charge in [0.05, 0.1) is 14.2 Å². The van der Waals surface area contributed by atoms with Crippen molar-refractivity contribution in [1.82, 2.24) is 0 Å². The summed E-state index contributed by atoms with van der Waals surface area (Å²) in [5.41, 5.74) is 1.83. The molecule has 0 amide bonds. The van der Waals surface area contributed by atoms with E-state index in [-0.39, 0.29) is 27.7 Å². The molecule has 0 radical (unpaired) electrons. The summed E-state index contributed by atoms with van der Waals surface area (Å²) in [5, 5.41) is 0. The highest BCUT2D eigenvalue weighted by molar-refractivity contribution is 9.10. The standard InChI is InChI=1S/C16H16BrClO7S2/c1-9-11(16(25-3)15(8-12(9)17)27(21,22)23)6-10-4-5-14(26(18,19)20)13(7-10)24-2/h4-5,7-8H,6H2,1-3H3,(H,21,22,23). The maximum Gasteiger partial charge on any atom is 0.298 e. The van der Waals surface area contributed by atoms with Crippen LogP contribution >= 0.6 is 26.6 Å². The Hall–Kier alpha value is -1.33. The normalized spacial score (nSPS) is 12.1.